The van der Waals surface area contributed by atoms with E-state index in [0.29, 0.717) is 17.0 Å². The van der Waals surface area contributed by atoms with Gasteiger partial charge in [-0.1, -0.05) is 13.8 Å². The topological polar surface area (TPSA) is 122 Å². The van der Waals surface area contributed by atoms with E-state index in [2.05, 4.69) is 10.6 Å². The maximum atomic E-state index is 12.2. The predicted octanol–water partition coefficient (Wildman–Crippen LogP) is 1.21. The third-order valence-corrected chi connectivity index (χ3v) is 3.76. The molecule has 1 aromatic carbocycles. The minimum Gasteiger partial charge on any atom is -0.482 e. The van der Waals surface area contributed by atoms with Gasteiger partial charge in [-0.2, -0.15) is 0 Å². The first-order chi connectivity index (χ1) is 11.8. The van der Waals surface area contributed by atoms with Crippen molar-refractivity contribution in [2.45, 2.75) is 32.7 Å². The Labute approximate surface area is 144 Å². The van der Waals surface area contributed by atoms with Crippen LogP contribution in [0.1, 0.15) is 37.0 Å². The van der Waals surface area contributed by atoms with Crippen LogP contribution < -0.4 is 15.4 Å². The van der Waals surface area contributed by atoms with Gasteiger partial charge in [0.15, 0.2) is 12.4 Å². The summed E-state index contributed by atoms with van der Waals surface area (Å²) in [7, 11) is 0. The minimum absolute atomic E-state index is 0.0656. The molecule has 2 rings (SSSR count). The number of hydrogen-bond acceptors (Lipinski definition) is 5. The minimum atomic E-state index is -1.11. The maximum Gasteiger partial charge on any atom is 0.326 e. The molecule has 1 heterocycles. The standard InChI is InChI=1S/C17H20N2O6/c1-9(2)16(17(23)24)19-14(21)6-4-12(20)10-3-5-13-11(7-10)18-15(22)8-25-13/h3,5,7,9,16H,4,6,8H2,1-2H3,(H,18,22)(H,19,21)(H,23,24). The fourth-order valence-electron chi connectivity index (χ4n) is 2.39. The van der Waals surface area contributed by atoms with E-state index in [9.17, 15) is 19.2 Å². The second kappa shape index (κ2) is 7.78. The summed E-state index contributed by atoms with van der Waals surface area (Å²) in [6, 6.07) is 3.66. The quantitative estimate of drug-likeness (QED) is 0.637. The number of anilines is 1. The first-order valence-corrected chi connectivity index (χ1v) is 7.90. The average Bonchev–Trinajstić information content (AvgIpc) is 2.56. The van der Waals surface area contributed by atoms with Crippen LogP contribution in [0.25, 0.3) is 0 Å². The Morgan fingerprint density at radius 1 is 1.28 bits per heavy atom. The number of ether oxygens (including phenoxy) is 1. The van der Waals surface area contributed by atoms with Gasteiger partial charge in [0.25, 0.3) is 5.91 Å². The Morgan fingerprint density at radius 2 is 2.00 bits per heavy atom. The van der Waals surface area contributed by atoms with Crippen LogP contribution in [0.2, 0.25) is 0 Å². The third kappa shape index (κ3) is 4.79. The molecule has 1 aromatic rings. The SMILES string of the molecule is CC(C)C(NC(=O)CCC(=O)c1ccc2c(c1)NC(=O)CO2)C(=O)O. The molecule has 1 aliphatic rings. The number of ketones is 1. The lowest BCUT2D eigenvalue weighted by molar-refractivity contribution is -0.143. The van der Waals surface area contributed by atoms with E-state index < -0.39 is 17.9 Å². The van der Waals surface area contributed by atoms with E-state index in [4.69, 9.17) is 9.84 Å². The second-order valence-corrected chi connectivity index (χ2v) is 6.10. The lowest BCUT2D eigenvalue weighted by Crippen LogP contribution is -2.44. The van der Waals surface area contributed by atoms with Gasteiger partial charge >= 0.3 is 5.97 Å². The lowest BCUT2D eigenvalue weighted by atomic mass is 10.0. The zero-order chi connectivity index (χ0) is 18.6. The molecule has 25 heavy (non-hydrogen) atoms. The van der Waals surface area contributed by atoms with Gasteiger partial charge in [-0.25, -0.2) is 4.79 Å². The summed E-state index contributed by atoms with van der Waals surface area (Å²) in [5.74, 6) is -1.97. The molecule has 0 aliphatic carbocycles. The highest BCUT2D eigenvalue weighted by atomic mass is 16.5. The number of fused-ring (bicyclic) bond motifs is 1. The predicted molar refractivity (Wildman–Crippen MR) is 88.5 cm³/mol. The number of rotatable bonds is 7. The Balaban J connectivity index is 1.94. The molecule has 2 amide bonds. The molecule has 0 fully saturated rings. The summed E-state index contributed by atoms with van der Waals surface area (Å²) in [6.07, 6.45) is -0.181. The van der Waals surface area contributed by atoms with Gasteiger partial charge < -0.3 is 20.5 Å². The van der Waals surface area contributed by atoms with Gasteiger partial charge in [0, 0.05) is 18.4 Å². The first kappa shape index (κ1) is 18.4. The van der Waals surface area contributed by atoms with Crippen LogP contribution in [-0.2, 0) is 14.4 Å². The summed E-state index contributed by atoms with van der Waals surface area (Å²) >= 11 is 0. The highest BCUT2D eigenvalue weighted by Crippen LogP contribution is 2.28. The first-order valence-electron chi connectivity index (χ1n) is 7.90. The van der Waals surface area contributed by atoms with Crippen LogP contribution in [0.4, 0.5) is 5.69 Å². The molecule has 1 atom stereocenters. The molecule has 8 nitrogen and oxygen atoms in total. The molecule has 1 unspecified atom stereocenters. The molecule has 1 aliphatic heterocycles. The number of amides is 2. The Bertz CT molecular complexity index is 713. The monoisotopic (exact) mass is 348 g/mol. The molecular weight excluding hydrogens is 328 g/mol. The fourth-order valence-corrected chi connectivity index (χ4v) is 2.39. The van der Waals surface area contributed by atoms with Crippen LogP contribution in [0.15, 0.2) is 18.2 Å². The zero-order valence-electron chi connectivity index (χ0n) is 14.0. The third-order valence-electron chi connectivity index (χ3n) is 3.76. The number of carbonyl (C=O) groups excluding carboxylic acids is 3. The van der Waals surface area contributed by atoms with Crippen LogP contribution >= 0.6 is 0 Å². The van der Waals surface area contributed by atoms with E-state index in [1.807, 2.05) is 0 Å². The molecule has 8 heteroatoms. The van der Waals surface area contributed by atoms with Crippen molar-refractivity contribution in [3.05, 3.63) is 23.8 Å². The number of nitrogens with one attached hydrogen (secondary N) is 2. The summed E-state index contributed by atoms with van der Waals surface area (Å²) in [5.41, 5.74) is 0.758. The largest absolute Gasteiger partial charge is 0.482 e. The van der Waals surface area contributed by atoms with Crippen molar-refractivity contribution in [3.63, 3.8) is 0 Å². The van der Waals surface area contributed by atoms with Crippen molar-refractivity contribution in [3.8, 4) is 5.75 Å². The van der Waals surface area contributed by atoms with Gasteiger partial charge in [0.1, 0.15) is 11.8 Å². The van der Waals surface area contributed by atoms with Gasteiger partial charge in [0.2, 0.25) is 5.91 Å². The normalized spacial score (nSPS) is 14.1. The highest BCUT2D eigenvalue weighted by molar-refractivity contribution is 6.01. The average molecular weight is 348 g/mol. The Morgan fingerprint density at radius 3 is 2.64 bits per heavy atom. The fraction of sp³-hybridized carbons (Fsp3) is 0.412. The van der Waals surface area contributed by atoms with E-state index >= 15 is 0 Å². The van der Waals surface area contributed by atoms with E-state index in [1.165, 1.54) is 6.07 Å². The molecule has 0 aromatic heterocycles. The number of carbonyl (C=O) groups is 4. The Hall–Kier alpha value is -2.90. The number of carboxylic acid groups (broad SMARTS) is 1. The van der Waals surface area contributed by atoms with Crippen molar-refractivity contribution in [2.75, 3.05) is 11.9 Å². The molecule has 0 saturated carbocycles. The number of Topliss-reactive ketones (excluding diaryl/α,β-unsaturated/α-hetero) is 1. The van der Waals surface area contributed by atoms with Crippen molar-refractivity contribution in [1.29, 1.82) is 0 Å². The van der Waals surface area contributed by atoms with Gasteiger partial charge in [0.05, 0.1) is 5.69 Å². The van der Waals surface area contributed by atoms with Gasteiger partial charge in [-0.3, -0.25) is 14.4 Å². The number of carboxylic acids is 1. The van der Waals surface area contributed by atoms with Crippen LogP contribution in [0.3, 0.4) is 0 Å². The van der Waals surface area contributed by atoms with E-state index in [-0.39, 0.29) is 37.1 Å². The number of aliphatic carboxylic acids is 1. The summed E-state index contributed by atoms with van der Waals surface area (Å²) in [5, 5.41) is 14.1. The van der Waals surface area contributed by atoms with Crippen LogP contribution in [0.5, 0.6) is 5.75 Å². The van der Waals surface area contributed by atoms with Crippen molar-refractivity contribution in [1.82, 2.24) is 5.32 Å². The molecule has 3 N–H and O–H groups in total. The van der Waals surface area contributed by atoms with Crippen molar-refractivity contribution in [2.24, 2.45) is 5.92 Å². The summed E-state index contributed by atoms with van der Waals surface area (Å²) < 4.78 is 5.21. The summed E-state index contributed by atoms with van der Waals surface area (Å²) in [4.78, 5) is 46.5. The van der Waals surface area contributed by atoms with E-state index in [1.54, 1.807) is 26.0 Å². The molecule has 0 spiro atoms. The second-order valence-electron chi connectivity index (χ2n) is 6.10. The Kier molecular flexibility index (Phi) is 5.74. The van der Waals surface area contributed by atoms with Crippen LogP contribution in [-0.4, -0.2) is 41.3 Å². The lowest BCUT2D eigenvalue weighted by Gasteiger charge is -2.18. The summed E-state index contributed by atoms with van der Waals surface area (Å²) in [6.45, 7) is 3.31. The maximum absolute atomic E-state index is 12.2. The van der Waals surface area contributed by atoms with Crippen LogP contribution in [0, 0.1) is 5.92 Å². The van der Waals surface area contributed by atoms with Crippen molar-refractivity contribution >= 4 is 29.3 Å². The number of benzene rings is 1. The molecular formula is C17H20N2O6. The zero-order valence-corrected chi connectivity index (χ0v) is 14.0. The van der Waals surface area contributed by atoms with Gasteiger partial charge in [-0.15, -0.1) is 0 Å². The molecule has 134 valence electrons. The highest BCUT2D eigenvalue weighted by Gasteiger charge is 2.24. The van der Waals surface area contributed by atoms with Gasteiger partial charge in [-0.05, 0) is 24.1 Å². The van der Waals surface area contributed by atoms with E-state index in [0.717, 1.165) is 0 Å². The molecule has 0 saturated heterocycles. The van der Waals surface area contributed by atoms with Crippen molar-refractivity contribution < 1.29 is 29.0 Å². The number of hydrogen-bond donors (Lipinski definition) is 3. The molecule has 0 bridgehead atoms. The smallest absolute Gasteiger partial charge is 0.326 e. The molecule has 0 radical (unpaired) electrons.